The van der Waals surface area contributed by atoms with Gasteiger partial charge in [0, 0.05) is 23.7 Å². The largest absolute Gasteiger partial charge is 0.323 e. The zero-order valence-corrected chi connectivity index (χ0v) is 17.0. The van der Waals surface area contributed by atoms with E-state index in [4.69, 9.17) is 0 Å². The molecule has 1 aliphatic carbocycles. The molecule has 2 aromatic carbocycles. The van der Waals surface area contributed by atoms with Crippen LogP contribution in [0, 0.1) is 11.7 Å². The summed E-state index contributed by atoms with van der Waals surface area (Å²) in [6, 6.07) is 11.6. The molecule has 0 radical (unpaired) electrons. The molecule has 1 aliphatic rings. The Labute approximate surface area is 171 Å². The smallest absolute Gasteiger partial charge is 0.255 e. The van der Waals surface area contributed by atoms with Crippen LogP contribution in [0.3, 0.4) is 0 Å². The summed E-state index contributed by atoms with van der Waals surface area (Å²) in [6.45, 7) is 0.731. The van der Waals surface area contributed by atoms with E-state index in [1.165, 1.54) is 18.2 Å². The number of nitrogens with zero attached hydrogens (tertiary/aromatic N) is 1. The fourth-order valence-electron chi connectivity index (χ4n) is 3.68. The van der Waals surface area contributed by atoms with E-state index in [2.05, 4.69) is 10.6 Å². The number of carbonyl (C=O) groups is 2. The van der Waals surface area contributed by atoms with E-state index in [-0.39, 0.29) is 23.4 Å². The van der Waals surface area contributed by atoms with Gasteiger partial charge in [-0.2, -0.15) is 0 Å². The number of halogens is 1. The summed E-state index contributed by atoms with van der Waals surface area (Å²) in [4.78, 5) is 27.1. The molecule has 29 heavy (non-hydrogen) atoms. The van der Waals surface area contributed by atoms with Gasteiger partial charge < -0.3 is 15.5 Å². The van der Waals surface area contributed by atoms with E-state index in [1.54, 1.807) is 6.07 Å². The van der Waals surface area contributed by atoms with Crippen LogP contribution in [0.4, 0.5) is 15.8 Å². The SMILES string of the molecule is CN(C)Cc1cccc(C(=O)Nc2ccc(F)c(NC(=O)C3CCCCC3)c2)c1. The Morgan fingerprint density at radius 1 is 1.03 bits per heavy atom. The second kappa shape index (κ2) is 9.65. The first-order chi connectivity index (χ1) is 13.9. The molecule has 0 unspecified atom stereocenters. The highest BCUT2D eigenvalue weighted by atomic mass is 19.1. The van der Waals surface area contributed by atoms with E-state index < -0.39 is 5.82 Å². The molecule has 3 rings (SSSR count). The molecule has 2 aromatic rings. The molecule has 2 amide bonds. The van der Waals surface area contributed by atoms with Gasteiger partial charge in [-0.15, -0.1) is 0 Å². The van der Waals surface area contributed by atoms with Crippen LogP contribution < -0.4 is 10.6 Å². The number of amides is 2. The average molecular weight is 397 g/mol. The molecule has 6 heteroatoms. The summed E-state index contributed by atoms with van der Waals surface area (Å²) in [5, 5.41) is 5.48. The van der Waals surface area contributed by atoms with Crippen molar-refractivity contribution in [3.05, 3.63) is 59.4 Å². The second-order valence-electron chi connectivity index (χ2n) is 7.91. The molecule has 2 N–H and O–H groups in total. The van der Waals surface area contributed by atoms with E-state index in [1.807, 2.05) is 37.2 Å². The Kier molecular flexibility index (Phi) is 6.99. The lowest BCUT2D eigenvalue weighted by molar-refractivity contribution is -0.120. The minimum atomic E-state index is -0.514. The fraction of sp³-hybridized carbons (Fsp3) is 0.391. The molecule has 0 atom stereocenters. The normalized spacial score (nSPS) is 14.6. The molecular weight excluding hydrogens is 369 g/mol. The fourth-order valence-corrected chi connectivity index (χ4v) is 3.68. The highest BCUT2D eigenvalue weighted by Crippen LogP contribution is 2.26. The first-order valence-corrected chi connectivity index (χ1v) is 10.1. The van der Waals surface area contributed by atoms with Crippen LogP contribution in [0.2, 0.25) is 0 Å². The van der Waals surface area contributed by atoms with Crippen molar-refractivity contribution in [2.24, 2.45) is 5.92 Å². The Hall–Kier alpha value is -2.73. The molecule has 1 saturated carbocycles. The lowest BCUT2D eigenvalue weighted by Gasteiger charge is -2.21. The number of carbonyl (C=O) groups excluding carboxylic acids is 2. The minimum absolute atomic E-state index is 0.0687. The summed E-state index contributed by atoms with van der Waals surface area (Å²) in [7, 11) is 3.93. The summed E-state index contributed by atoms with van der Waals surface area (Å²) in [5.74, 6) is -1.01. The van der Waals surface area contributed by atoms with Crippen molar-refractivity contribution >= 4 is 23.2 Å². The third-order valence-corrected chi connectivity index (χ3v) is 5.15. The van der Waals surface area contributed by atoms with Crippen molar-refractivity contribution in [3.63, 3.8) is 0 Å². The minimum Gasteiger partial charge on any atom is -0.323 e. The van der Waals surface area contributed by atoms with Gasteiger partial charge in [-0.25, -0.2) is 4.39 Å². The molecule has 5 nitrogen and oxygen atoms in total. The second-order valence-corrected chi connectivity index (χ2v) is 7.91. The van der Waals surface area contributed by atoms with E-state index >= 15 is 0 Å². The summed E-state index contributed by atoms with van der Waals surface area (Å²) < 4.78 is 14.2. The van der Waals surface area contributed by atoms with Crippen molar-refractivity contribution in [1.82, 2.24) is 4.90 Å². The van der Waals surface area contributed by atoms with Gasteiger partial charge in [-0.05, 0) is 62.8 Å². The number of hydrogen-bond donors (Lipinski definition) is 2. The molecular formula is C23H28FN3O2. The highest BCUT2D eigenvalue weighted by Gasteiger charge is 2.22. The third-order valence-electron chi connectivity index (χ3n) is 5.15. The maximum absolute atomic E-state index is 14.2. The zero-order valence-electron chi connectivity index (χ0n) is 17.0. The number of anilines is 2. The van der Waals surface area contributed by atoms with Gasteiger partial charge >= 0.3 is 0 Å². The van der Waals surface area contributed by atoms with Gasteiger partial charge in [-0.3, -0.25) is 9.59 Å². The molecule has 0 heterocycles. The van der Waals surface area contributed by atoms with Gasteiger partial charge in [0.15, 0.2) is 0 Å². The monoisotopic (exact) mass is 397 g/mol. The Balaban J connectivity index is 1.69. The summed E-state index contributed by atoms with van der Waals surface area (Å²) >= 11 is 0. The van der Waals surface area contributed by atoms with Crippen molar-refractivity contribution in [3.8, 4) is 0 Å². The van der Waals surface area contributed by atoms with Crippen molar-refractivity contribution < 1.29 is 14.0 Å². The molecule has 0 saturated heterocycles. The Morgan fingerprint density at radius 2 is 1.79 bits per heavy atom. The van der Waals surface area contributed by atoms with Crippen molar-refractivity contribution in [1.29, 1.82) is 0 Å². The topological polar surface area (TPSA) is 61.4 Å². The lowest BCUT2D eigenvalue weighted by atomic mass is 9.88. The quantitative estimate of drug-likeness (QED) is 0.745. The van der Waals surface area contributed by atoms with Crippen LogP contribution in [0.1, 0.15) is 48.0 Å². The van der Waals surface area contributed by atoms with Gasteiger partial charge in [0.25, 0.3) is 5.91 Å². The van der Waals surface area contributed by atoms with Crippen molar-refractivity contribution in [2.45, 2.75) is 38.6 Å². The standard InChI is InChI=1S/C23H28FN3O2/c1-27(2)15-16-7-6-10-18(13-16)23(29)25-19-11-12-20(24)21(14-19)26-22(28)17-8-4-3-5-9-17/h6-7,10-14,17H,3-5,8-9,15H2,1-2H3,(H,25,29)(H,26,28). The van der Waals surface area contributed by atoms with Crippen LogP contribution in [0.15, 0.2) is 42.5 Å². The number of benzene rings is 2. The number of nitrogens with one attached hydrogen (secondary N) is 2. The highest BCUT2D eigenvalue weighted by molar-refractivity contribution is 6.04. The van der Waals surface area contributed by atoms with Gasteiger partial charge in [0.1, 0.15) is 5.82 Å². The van der Waals surface area contributed by atoms with Gasteiger partial charge in [0.05, 0.1) is 5.69 Å². The molecule has 0 spiro atoms. The predicted molar refractivity (Wildman–Crippen MR) is 113 cm³/mol. The maximum Gasteiger partial charge on any atom is 0.255 e. The zero-order chi connectivity index (χ0) is 20.8. The molecule has 154 valence electrons. The van der Waals surface area contributed by atoms with Crippen LogP contribution in [0.25, 0.3) is 0 Å². The first kappa shape index (κ1) is 21.0. The van der Waals surface area contributed by atoms with Crippen LogP contribution in [0.5, 0.6) is 0 Å². The average Bonchev–Trinajstić information content (AvgIpc) is 2.71. The van der Waals surface area contributed by atoms with Crippen LogP contribution >= 0.6 is 0 Å². The Bertz CT molecular complexity index is 876. The third kappa shape index (κ3) is 5.87. The first-order valence-electron chi connectivity index (χ1n) is 10.1. The van der Waals surface area contributed by atoms with Gasteiger partial charge in [0.2, 0.25) is 5.91 Å². The van der Waals surface area contributed by atoms with E-state index in [0.717, 1.165) is 44.2 Å². The molecule has 0 aromatic heterocycles. The van der Waals surface area contributed by atoms with Crippen molar-refractivity contribution in [2.75, 3.05) is 24.7 Å². The predicted octanol–water partition coefficient (Wildman–Crippen LogP) is 4.66. The maximum atomic E-state index is 14.2. The number of hydrogen-bond acceptors (Lipinski definition) is 3. The van der Waals surface area contributed by atoms with Crippen LogP contribution in [-0.4, -0.2) is 30.8 Å². The molecule has 0 bridgehead atoms. The number of rotatable bonds is 6. The summed E-state index contributed by atoms with van der Waals surface area (Å²) in [5.41, 5.74) is 2.09. The molecule has 0 aliphatic heterocycles. The molecule has 1 fully saturated rings. The van der Waals surface area contributed by atoms with Gasteiger partial charge in [-0.1, -0.05) is 31.4 Å². The van der Waals surface area contributed by atoms with E-state index in [9.17, 15) is 14.0 Å². The summed E-state index contributed by atoms with van der Waals surface area (Å²) in [6.07, 6.45) is 4.89. The lowest BCUT2D eigenvalue weighted by Crippen LogP contribution is -2.25. The van der Waals surface area contributed by atoms with Crippen LogP contribution in [-0.2, 0) is 11.3 Å². The van der Waals surface area contributed by atoms with E-state index in [0.29, 0.717) is 11.3 Å². The Morgan fingerprint density at radius 3 is 2.52 bits per heavy atom.